The third kappa shape index (κ3) is 6.25. The minimum atomic E-state index is -0.0795. The number of amidine groups is 1. The lowest BCUT2D eigenvalue weighted by atomic mass is 9.96. The van der Waals surface area contributed by atoms with Crippen molar-refractivity contribution in [1.29, 1.82) is 0 Å². The number of anilines is 3. The Kier molecular flexibility index (Phi) is 8.77. The molecule has 1 saturated carbocycles. The number of benzene rings is 3. The molecule has 3 aromatic carbocycles. The van der Waals surface area contributed by atoms with Gasteiger partial charge < -0.3 is 9.64 Å². The summed E-state index contributed by atoms with van der Waals surface area (Å²) in [6.45, 7) is 4.30. The molecular formula is C34H39N3O2. The molecule has 1 atom stereocenters. The van der Waals surface area contributed by atoms with Gasteiger partial charge in [0.1, 0.15) is 0 Å². The quantitative estimate of drug-likeness (QED) is 0.265. The molecular weight excluding hydrogens is 482 g/mol. The van der Waals surface area contributed by atoms with Crippen molar-refractivity contribution in [3.05, 3.63) is 96.3 Å². The van der Waals surface area contributed by atoms with Gasteiger partial charge in [0, 0.05) is 23.1 Å². The summed E-state index contributed by atoms with van der Waals surface area (Å²) in [5, 5.41) is 0. The van der Waals surface area contributed by atoms with Crippen LogP contribution < -0.4 is 4.90 Å². The van der Waals surface area contributed by atoms with Crippen LogP contribution in [0.15, 0.2) is 95.7 Å². The summed E-state index contributed by atoms with van der Waals surface area (Å²) in [6.07, 6.45) is 10.5. The lowest BCUT2D eigenvalue weighted by Crippen LogP contribution is -2.40. The van der Waals surface area contributed by atoms with Crippen LogP contribution in [0, 0.1) is 0 Å². The van der Waals surface area contributed by atoms with Gasteiger partial charge in [-0.15, -0.1) is 0 Å². The van der Waals surface area contributed by atoms with Crippen LogP contribution in [0.4, 0.5) is 17.1 Å². The van der Waals surface area contributed by atoms with E-state index in [1.807, 2.05) is 59.5 Å². The lowest BCUT2D eigenvalue weighted by Gasteiger charge is -2.25. The summed E-state index contributed by atoms with van der Waals surface area (Å²) in [5.41, 5.74) is 4.14. The predicted molar refractivity (Wildman–Crippen MR) is 160 cm³/mol. The first kappa shape index (κ1) is 26.7. The smallest absolute Gasteiger partial charge is 0.300 e. The van der Waals surface area contributed by atoms with E-state index in [4.69, 9.17) is 9.73 Å². The number of nitrogens with zero attached hydrogens (tertiary/aromatic N) is 3. The highest BCUT2D eigenvalue weighted by molar-refractivity contribution is 6.11. The second-order valence-electron chi connectivity index (χ2n) is 10.4. The molecule has 1 aliphatic heterocycles. The molecule has 1 aliphatic carbocycles. The molecule has 0 radical (unpaired) electrons. The topological polar surface area (TPSA) is 45.1 Å². The largest absolute Gasteiger partial charge is 0.420 e. The summed E-state index contributed by atoms with van der Waals surface area (Å²) in [7, 11) is 0. The third-order valence-electron chi connectivity index (χ3n) is 7.64. The average Bonchev–Trinajstić information content (AvgIpc) is 3.28. The highest BCUT2D eigenvalue weighted by atomic mass is 16.5. The van der Waals surface area contributed by atoms with Crippen LogP contribution in [0.2, 0.25) is 0 Å². The summed E-state index contributed by atoms with van der Waals surface area (Å²) in [5.74, 6) is 0.277. The van der Waals surface area contributed by atoms with E-state index in [2.05, 4.69) is 55.1 Å². The third-order valence-corrected chi connectivity index (χ3v) is 7.64. The summed E-state index contributed by atoms with van der Waals surface area (Å²) in [4.78, 5) is 22.6. The molecule has 0 N–H and O–H groups in total. The zero-order valence-corrected chi connectivity index (χ0v) is 23.1. The van der Waals surface area contributed by atoms with Crippen molar-refractivity contribution >= 4 is 35.1 Å². The maximum absolute atomic E-state index is 13.6. The van der Waals surface area contributed by atoms with Crippen LogP contribution >= 0.6 is 0 Å². The molecule has 0 aromatic heterocycles. The first-order chi connectivity index (χ1) is 19.2. The Hall–Kier alpha value is -3.86. The van der Waals surface area contributed by atoms with Gasteiger partial charge in [0.15, 0.2) is 5.76 Å². The summed E-state index contributed by atoms with van der Waals surface area (Å²) >= 11 is 0. The monoisotopic (exact) mass is 521 g/mol. The molecule has 1 unspecified atom stereocenters. The molecule has 0 bridgehead atoms. The zero-order valence-electron chi connectivity index (χ0n) is 23.1. The minimum absolute atomic E-state index is 0.0795. The number of hydrogen-bond donors (Lipinski definition) is 0. The number of carbonyl (C=O) groups is 1. The molecule has 202 valence electrons. The molecule has 0 spiro atoms. The fraction of sp³-hybridized carbons (Fsp3) is 0.353. The molecule has 5 rings (SSSR count). The predicted octanol–water partition coefficient (Wildman–Crippen LogP) is 8.62. The van der Waals surface area contributed by atoms with E-state index in [9.17, 15) is 4.79 Å². The SMILES string of the molecule is CCCC(CC)N1C(=O)/C(=C\c2ccc(N(c3ccccc3)c3ccccc3)cc2)O/C1=N\C1CCCCC1. The van der Waals surface area contributed by atoms with Gasteiger partial charge >= 0.3 is 6.02 Å². The number of rotatable bonds is 9. The van der Waals surface area contributed by atoms with Crippen molar-refractivity contribution < 1.29 is 9.53 Å². The number of aliphatic imine (C=N–C) groups is 1. The Morgan fingerprint density at radius 3 is 2.03 bits per heavy atom. The molecule has 5 heteroatoms. The molecule has 2 fully saturated rings. The van der Waals surface area contributed by atoms with Crippen LogP contribution in [0.1, 0.15) is 70.8 Å². The summed E-state index contributed by atoms with van der Waals surface area (Å²) < 4.78 is 6.22. The van der Waals surface area contributed by atoms with E-state index >= 15 is 0 Å². The Morgan fingerprint density at radius 2 is 1.46 bits per heavy atom. The number of hydrogen-bond acceptors (Lipinski definition) is 4. The maximum atomic E-state index is 13.6. The van der Waals surface area contributed by atoms with Gasteiger partial charge in [-0.3, -0.25) is 9.69 Å². The maximum Gasteiger partial charge on any atom is 0.300 e. The van der Waals surface area contributed by atoms with Gasteiger partial charge in [-0.25, -0.2) is 4.99 Å². The highest BCUT2D eigenvalue weighted by Crippen LogP contribution is 2.35. The molecule has 5 nitrogen and oxygen atoms in total. The van der Waals surface area contributed by atoms with E-state index in [0.717, 1.165) is 54.7 Å². The lowest BCUT2D eigenvalue weighted by molar-refractivity contribution is -0.124. The first-order valence-corrected chi connectivity index (χ1v) is 14.5. The average molecular weight is 522 g/mol. The van der Waals surface area contributed by atoms with Gasteiger partial charge in [-0.2, -0.15) is 0 Å². The molecule has 1 heterocycles. The first-order valence-electron chi connectivity index (χ1n) is 14.5. The van der Waals surface area contributed by atoms with Crippen LogP contribution in [0.5, 0.6) is 0 Å². The van der Waals surface area contributed by atoms with Crippen molar-refractivity contribution in [2.75, 3.05) is 4.90 Å². The fourth-order valence-electron chi connectivity index (χ4n) is 5.59. The van der Waals surface area contributed by atoms with E-state index in [1.54, 1.807) is 0 Å². The molecule has 39 heavy (non-hydrogen) atoms. The van der Waals surface area contributed by atoms with Crippen molar-refractivity contribution in [2.24, 2.45) is 4.99 Å². The van der Waals surface area contributed by atoms with E-state index in [1.165, 1.54) is 19.3 Å². The second-order valence-corrected chi connectivity index (χ2v) is 10.4. The highest BCUT2D eigenvalue weighted by Gasteiger charge is 2.39. The van der Waals surface area contributed by atoms with Crippen LogP contribution in [-0.2, 0) is 9.53 Å². The van der Waals surface area contributed by atoms with Gasteiger partial charge in [0.05, 0.1) is 6.04 Å². The molecule has 1 saturated heterocycles. The molecule has 1 amide bonds. The van der Waals surface area contributed by atoms with Gasteiger partial charge in [-0.1, -0.05) is 88.1 Å². The van der Waals surface area contributed by atoms with E-state index in [-0.39, 0.29) is 18.0 Å². The zero-order chi connectivity index (χ0) is 27.0. The normalized spacial score (nSPS) is 18.9. The Labute approximate surface area is 232 Å². The van der Waals surface area contributed by atoms with Crippen molar-refractivity contribution in [1.82, 2.24) is 4.90 Å². The minimum Gasteiger partial charge on any atom is -0.420 e. The standard InChI is InChI=1S/C34H39N3O2/c1-3-14-28(4-2)37-33(38)32(39-34(37)35-27-15-8-5-9-16-27)25-26-21-23-31(24-22-26)36(29-17-10-6-11-18-29)30-19-12-7-13-20-30/h6-7,10-13,17-25,27-28H,3-5,8-9,14-16H2,1-2H3/b32-25+,35-34-. The number of carbonyl (C=O) groups excluding carboxylic acids is 1. The van der Waals surface area contributed by atoms with Gasteiger partial charge in [-0.05, 0) is 73.7 Å². The Bertz CT molecular complexity index is 1240. The number of para-hydroxylation sites is 2. The van der Waals surface area contributed by atoms with Crippen LogP contribution in [0.25, 0.3) is 6.08 Å². The van der Waals surface area contributed by atoms with Crippen molar-refractivity contribution in [2.45, 2.75) is 77.3 Å². The number of amides is 1. The van der Waals surface area contributed by atoms with Crippen molar-refractivity contribution in [3.8, 4) is 0 Å². The Balaban J connectivity index is 1.43. The number of ether oxygens (including phenoxy) is 1. The van der Waals surface area contributed by atoms with Gasteiger partial charge in [0.25, 0.3) is 5.91 Å². The van der Waals surface area contributed by atoms with Gasteiger partial charge in [0.2, 0.25) is 0 Å². The van der Waals surface area contributed by atoms with Crippen LogP contribution in [-0.4, -0.2) is 28.9 Å². The van der Waals surface area contributed by atoms with Crippen molar-refractivity contribution in [3.63, 3.8) is 0 Å². The van der Waals surface area contributed by atoms with Crippen LogP contribution in [0.3, 0.4) is 0 Å². The van der Waals surface area contributed by atoms with E-state index < -0.39 is 0 Å². The summed E-state index contributed by atoms with van der Waals surface area (Å²) in [6, 6.07) is 29.8. The second kappa shape index (κ2) is 12.8. The van der Waals surface area contributed by atoms with E-state index in [0.29, 0.717) is 11.8 Å². The fourth-order valence-corrected chi connectivity index (χ4v) is 5.59. The molecule has 3 aromatic rings. The Morgan fingerprint density at radius 1 is 0.872 bits per heavy atom. The molecule has 2 aliphatic rings.